The number of carbonyl (C=O) groups excluding carboxylic acids is 2. The lowest BCUT2D eigenvalue weighted by Gasteiger charge is -2.33. The standard InChI is InChI=1S/C19H21N5O4/c1-19(2,3)22-17(25)13-9-8-10(14(13)18(22)26)16-15(9)20-21-23(16)11-6-4-5-7-12(11)24(27)28/h4-7,9-10,13-16H,8H2,1-3H3/t9-,10+,13-,14+,15+,16-/m1/s1. The summed E-state index contributed by atoms with van der Waals surface area (Å²) in [5.41, 5.74) is -0.212. The normalized spacial score (nSPS) is 35.7. The van der Waals surface area contributed by atoms with Crippen molar-refractivity contribution >= 4 is 23.2 Å². The van der Waals surface area contributed by atoms with Gasteiger partial charge in [0.1, 0.15) is 5.69 Å². The average molecular weight is 383 g/mol. The fraction of sp³-hybridized carbons (Fsp3) is 0.579. The Balaban J connectivity index is 1.53. The molecule has 0 N–H and O–H groups in total. The van der Waals surface area contributed by atoms with E-state index in [0.29, 0.717) is 5.69 Å². The van der Waals surface area contributed by atoms with E-state index in [-0.39, 0.29) is 53.3 Å². The van der Waals surface area contributed by atoms with Crippen molar-refractivity contribution in [3.8, 4) is 0 Å². The third-order valence-electron chi connectivity index (χ3n) is 6.65. The Morgan fingerprint density at radius 3 is 2.39 bits per heavy atom. The van der Waals surface area contributed by atoms with Gasteiger partial charge in [0.05, 0.1) is 28.8 Å². The first-order valence-electron chi connectivity index (χ1n) is 9.53. The van der Waals surface area contributed by atoms with Crippen LogP contribution < -0.4 is 5.01 Å². The van der Waals surface area contributed by atoms with Crippen LogP contribution in [0.25, 0.3) is 0 Å². The van der Waals surface area contributed by atoms with Crippen molar-refractivity contribution in [1.29, 1.82) is 0 Å². The number of anilines is 1. The summed E-state index contributed by atoms with van der Waals surface area (Å²) in [6.45, 7) is 5.60. The van der Waals surface area contributed by atoms with Crippen LogP contribution in [-0.2, 0) is 9.59 Å². The van der Waals surface area contributed by atoms with E-state index >= 15 is 0 Å². The van der Waals surface area contributed by atoms with Crippen molar-refractivity contribution < 1.29 is 14.5 Å². The zero-order valence-electron chi connectivity index (χ0n) is 15.8. The van der Waals surface area contributed by atoms with Gasteiger partial charge in [0, 0.05) is 11.6 Å². The van der Waals surface area contributed by atoms with Gasteiger partial charge in [-0.3, -0.25) is 24.6 Å². The minimum atomic E-state index is -0.563. The zero-order valence-corrected chi connectivity index (χ0v) is 15.8. The fourth-order valence-corrected chi connectivity index (χ4v) is 5.77. The summed E-state index contributed by atoms with van der Waals surface area (Å²) in [6, 6.07) is 6.02. The molecular weight excluding hydrogens is 362 g/mol. The maximum Gasteiger partial charge on any atom is 0.294 e. The Kier molecular flexibility index (Phi) is 3.31. The molecule has 2 aliphatic carbocycles. The quantitative estimate of drug-likeness (QED) is 0.443. The number of nitrogens with zero attached hydrogens (tertiary/aromatic N) is 5. The van der Waals surface area contributed by atoms with Gasteiger partial charge < -0.3 is 0 Å². The zero-order chi connectivity index (χ0) is 20.0. The number of hydrogen-bond donors (Lipinski definition) is 0. The van der Waals surface area contributed by atoms with Crippen molar-refractivity contribution in [2.24, 2.45) is 34.0 Å². The molecule has 2 saturated carbocycles. The number of likely N-dealkylation sites (tertiary alicyclic amines) is 1. The number of rotatable bonds is 2. The van der Waals surface area contributed by atoms with Crippen molar-refractivity contribution in [3.05, 3.63) is 34.4 Å². The Morgan fingerprint density at radius 2 is 1.75 bits per heavy atom. The Hall–Kier alpha value is -2.84. The van der Waals surface area contributed by atoms with Crippen molar-refractivity contribution in [2.75, 3.05) is 5.01 Å². The van der Waals surface area contributed by atoms with E-state index in [2.05, 4.69) is 10.3 Å². The van der Waals surface area contributed by atoms with Crippen LogP contribution in [0, 0.1) is 33.8 Å². The van der Waals surface area contributed by atoms with Crippen LogP contribution in [0.3, 0.4) is 0 Å². The summed E-state index contributed by atoms with van der Waals surface area (Å²) in [4.78, 5) is 38.6. The van der Waals surface area contributed by atoms with E-state index < -0.39 is 10.5 Å². The van der Waals surface area contributed by atoms with Crippen LogP contribution >= 0.6 is 0 Å². The lowest BCUT2D eigenvalue weighted by atomic mass is 9.76. The maximum atomic E-state index is 13.2. The molecule has 9 nitrogen and oxygen atoms in total. The molecule has 0 unspecified atom stereocenters. The number of carbonyl (C=O) groups is 2. The predicted octanol–water partition coefficient (Wildman–Crippen LogP) is 2.57. The summed E-state index contributed by atoms with van der Waals surface area (Å²) < 4.78 is 0. The Bertz CT molecular complexity index is 938. The molecule has 146 valence electrons. The molecule has 2 aliphatic heterocycles. The van der Waals surface area contributed by atoms with Crippen LogP contribution in [0.4, 0.5) is 11.4 Å². The number of nitro groups is 1. The Morgan fingerprint density at radius 1 is 1.11 bits per heavy atom. The second-order valence-corrected chi connectivity index (χ2v) is 9.07. The number of amides is 2. The molecule has 3 fully saturated rings. The number of hydrogen-bond acceptors (Lipinski definition) is 7. The molecule has 0 radical (unpaired) electrons. The van der Waals surface area contributed by atoms with Crippen LogP contribution in [0.5, 0.6) is 0 Å². The van der Waals surface area contributed by atoms with Crippen LogP contribution in [-0.4, -0.2) is 39.3 Å². The van der Waals surface area contributed by atoms with Crippen LogP contribution in [0.15, 0.2) is 34.6 Å². The maximum absolute atomic E-state index is 13.2. The summed E-state index contributed by atoms with van der Waals surface area (Å²) in [5.74, 6) is -1.08. The molecule has 2 heterocycles. The highest BCUT2D eigenvalue weighted by molar-refractivity contribution is 6.07. The van der Waals surface area contributed by atoms with Gasteiger partial charge in [-0.15, -0.1) is 0 Å². The lowest BCUT2D eigenvalue weighted by Crippen LogP contribution is -2.47. The molecule has 2 bridgehead atoms. The summed E-state index contributed by atoms with van der Waals surface area (Å²) in [5, 5.41) is 21.7. The van der Waals surface area contributed by atoms with Gasteiger partial charge in [0.25, 0.3) is 5.69 Å². The molecule has 1 aromatic rings. The first-order valence-corrected chi connectivity index (χ1v) is 9.53. The first kappa shape index (κ1) is 17.3. The van der Waals surface area contributed by atoms with Crippen molar-refractivity contribution in [3.63, 3.8) is 0 Å². The molecule has 0 aromatic heterocycles. The molecule has 6 atom stereocenters. The van der Waals surface area contributed by atoms with Gasteiger partial charge in [-0.1, -0.05) is 17.4 Å². The van der Waals surface area contributed by atoms with Gasteiger partial charge in [-0.25, -0.2) is 5.01 Å². The minimum Gasteiger partial charge on any atom is -0.277 e. The number of fused-ring (bicyclic) bond motifs is 8. The Labute approximate surface area is 161 Å². The van der Waals surface area contributed by atoms with E-state index in [1.165, 1.54) is 11.0 Å². The highest BCUT2D eigenvalue weighted by Gasteiger charge is 2.70. The largest absolute Gasteiger partial charge is 0.294 e. The molecule has 9 heteroatoms. The number of nitro benzene ring substituents is 1. The molecular formula is C19H21N5O4. The second kappa shape index (κ2) is 5.36. The third kappa shape index (κ3) is 2.01. The number of imide groups is 1. The van der Waals surface area contributed by atoms with Gasteiger partial charge in [0.15, 0.2) is 0 Å². The van der Waals surface area contributed by atoms with Crippen molar-refractivity contribution in [1.82, 2.24) is 4.90 Å². The van der Waals surface area contributed by atoms with E-state index in [0.717, 1.165) is 6.42 Å². The number of benzene rings is 1. The van der Waals surface area contributed by atoms with E-state index in [1.54, 1.807) is 23.2 Å². The highest BCUT2D eigenvalue weighted by Crippen LogP contribution is 2.61. The van der Waals surface area contributed by atoms with E-state index in [4.69, 9.17) is 0 Å². The van der Waals surface area contributed by atoms with Crippen LogP contribution in [0.1, 0.15) is 27.2 Å². The molecule has 5 rings (SSSR count). The van der Waals surface area contributed by atoms with Gasteiger partial charge in [-0.05, 0) is 45.1 Å². The molecule has 1 aromatic carbocycles. The predicted molar refractivity (Wildman–Crippen MR) is 98.2 cm³/mol. The topological polar surface area (TPSA) is 108 Å². The first-order chi connectivity index (χ1) is 13.2. The molecule has 28 heavy (non-hydrogen) atoms. The molecule has 1 saturated heterocycles. The summed E-state index contributed by atoms with van der Waals surface area (Å²) in [6.07, 6.45) is 0.732. The summed E-state index contributed by atoms with van der Waals surface area (Å²) >= 11 is 0. The molecule has 0 spiro atoms. The summed E-state index contributed by atoms with van der Waals surface area (Å²) in [7, 11) is 0. The van der Waals surface area contributed by atoms with E-state index in [9.17, 15) is 19.7 Å². The second-order valence-electron chi connectivity index (χ2n) is 9.07. The monoisotopic (exact) mass is 383 g/mol. The van der Waals surface area contributed by atoms with Gasteiger partial charge >= 0.3 is 0 Å². The number of para-hydroxylation sites is 2. The smallest absolute Gasteiger partial charge is 0.277 e. The fourth-order valence-electron chi connectivity index (χ4n) is 5.77. The van der Waals surface area contributed by atoms with Gasteiger partial charge in [0.2, 0.25) is 11.8 Å². The van der Waals surface area contributed by atoms with Gasteiger partial charge in [-0.2, -0.15) is 5.11 Å². The van der Waals surface area contributed by atoms with E-state index in [1.807, 2.05) is 20.8 Å². The molecule has 2 amide bonds. The van der Waals surface area contributed by atoms with Crippen LogP contribution in [0.2, 0.25) is 0 Å². The third-order valence-corrected chi connectivity index (χ3v) is 6.65. The highest BCUT2D eigenvalue weighted by atomic mass is 16.6. The lowest BCUT2D eigenvalue weighted by molar-refractivity contribution is -0.384. The average Bonchev–Trinajstić information content (AvgIpc) is 3.34. The van der Waals surface area contributed by atoms with Crippen molar-refractivity contribution in [2.45, 2.75) is 44.8 Å². The SMILES string of the molecule is CC(C)(C)N1C(=O)[C@@H]2[C@H]3C[C@@H]([C@@H]2C1=O)[C@@H]1[C@H]3N=NN1c1ccccc1[N+](=O)[O-]. The molecule has 4 aliphatic rings. The minimum absolute atomic E-state index is 0.0356.